The van der Waals surface area contributed by atoms with Gasteiger partial charge in [0.1, 0.15) is 12.3 Å². The van der Waals surface area contributed by atoms with E-state index in [-0.39, 0.29) is 12.6 Å². The van der Waals surface area contributed by atoms with Gasteiger partial charge in [0.15, 0.2) is 0 Å². The minimum Gasteiger partial charge on any atom is -0.491 e. The molecular weight excluding hydrogens is 400 g/mol. The molecule has 1 N–H and O–H groups in total. The van der Waals surface area contributed by atoms with Crippen LogP contribution in [-0.2, 0) is 9.59 Å². The number of thioether (sulfide) groups is 1. The molecule has 2 aromatic carbocycles. The number of ether oxygens (including phenoxy) is 1. The van der Waals surface area contributed by atoms with E-state index in [1.807, 2.05) is 56.3 Å². The summed E-state index contributed by atoms with van der Waals surface area (Å²) in [6.45, 7) is 5.60. The third-order valence-corrected chi connectivity index (χ3v) is 5.59. The van der Waals surface area contributed by atoms with E-state index in [0.29, 0.717) is 10.6 Å². The van der Waals surface area contributed by atoms with E-state index in [4.69, 9.17) is 4.74 Å². The van der Waals surface area contributed by atoms with Gasteiger partial charge >= 0.3 is 0 Å². The highest BCUT2D eigenvalue weighted by Gasteiger charge is 2.36. The van der Waals surface area contributed by atoms with Gasteiger partial charge in [-0.3, -0.25) is 19.3 Å². The fourth-order valence-corrected chi connectivity index (χ4v) is 3.63. The molecule has 0 radical (unpaired) electrons. The predicted octanol–water partition coefficient (Wildman–Crippen LogP) is 4.85. The van der Waals surface area contributed by atoms with E-state index in [1.165, 1.54) is 0 Å². The first-order valence-corrected chi connectivity index (χ1v) is 10.6. The lowest BCUT2D eigenvalue weighted by atomic mass is 10.2. The fraction of sp³-hybridized carbons (Fsp3) is 0.261. The molecule has 1 aliphatic heterocycles. The van der Waals surface area contributed by atoms with Gasteiger partial charge in [0.2, 0.25) is 5.91 Å². The van der Waals surface area contributed by atoms with Crippen LogP contribution >= 0.6 is 11.8 Å². The van der Waals surface area contributed by atoms with Crippen molar-refractivity contribution < 1.29 is 19.1 Å². The maximum atomic E-state index is 12.6. The van der Waals surface area contributed by atoms with Gasteiger partial charge in [-0.1, -0.05) is 37.3 Å². The summed E-state index contributed by atoms with van der Waals surface area (Å²) >= 11 is 0.834. The second-order valence-corrected chi connectivity index (χ2v) is 8.03. The van der Waals surface area contributed by atoms with Crippen LogP contribution in [0.4, 0.5) is 10.5 Å². The molecular formula is C23H24N2O4S. The minimum atomic E-state index is -0.468. The topological polar surface area (TPSA) is 75.7 Å². The number of anilines is 1. The van der Waals surface area contributed by atoms with Gasteiger partial charge < -0.3 is 10.1 Å². The van der Waals surface area contributed by atoms with Gasteiger partial charge in [-0.15, -0.1) is 0 Å². The Hall–Kier alpha value is -3.06. The number of nitrogens with one attached hydrogen (secondary N) is 1. The number of hydrogen-bond acceptors (Lipinski definition) is 5. The smallest absolute Gasteiger partial charge is 0.294 e. The number of carbonyl (C=O) groups excluding carboxylic acids is 3. The fourth-order valence-electron chi connectivity index (χ4n) is 2.79. The zero-order valence-corrected chi connectivity index (χ0v) is 18.0. The number of imide groups is 1. The van der Waals surface area contributed by atoms with Gasteiger partial charge in [0.05, 0.1) is 11.0 Å². The Kier molecular flexibility index (Phi) is 6.95. The number of hydrogen-bond donors (Lipinski definition) is 1. The third-order valence-electron chi connectivity index (χ3n) is 4.68. The molecule has 3 rings (SSSR count). The maximum Gasteiger partial charge on any atom is 0.294 e. The standard InChI is InChI=1S/C23H24N2O4S/c1-4-16(3)29-18-11-9-17(10-12-18)13-20-22(27)25(23(28)30-20)14-21(26)24-19-8-6-5-7-15(19)2/h5-13,16H,4,14H2,1-3H3,(H,24,26)/b20-13+/t16-/m1/s1. The maximum absolute atomic E-state index is 12.6. The first kappa shape index (κ1) is 21.6. The second kappa shape index (κ2) is 9.63. The molecule has 7 heteroatoms. The van der Waals surface area contributed by atoms with Gasteiger partial charge in [-0.25, -0.2) is 0 Å². The van der Waals surface area contributed by atoms with Crippen LogP contribution < -0.4 is 10.1 Å². The lowest BCUT2D eigenvalue weighted by Crippen LogP contribution is -2.36. The summed E-state index contributed by atoms with van der Waals surface area (Å²) in [4.78, 5) is 38.5. The van der Waals surface area contributed by atoms with E-state index < -0.39 is 17.1 Å². The molecule has 30 heavy (non-hydrogen) atoms. The summed E-state index contributed by atoms with van der Waals surface area (Å²) in [5.74, 6) is -0.133. The monoisotopic (exact) mass is 424 g/mol. The molecule has 1 atom stereocenters. The number of nitrogens with zero attached hydrogens (tertiary/aromatic N) is 1. The molecule has 156 valence electrons. The summed E-state index contributed by atoms with van der Waals surface area (Å²) in [7, 11) is 0. The van der Waals surface area contributed by atoms with E-state index in [9.17, 15) is 14.4 Å². The number of carbonyl (C=O) groups is 3. The minimum absolute atomic E-state index is 0.123. The van der Waals surface area contributed by atoms with E-state index >= 15 is 0 Å². The van der Waals surface area contributed by atoms with Gasteiger partial charge in [0.25, 0.3) is 11.1 Å². The molecule has 0 saturated carbocycles. The molecule has 1 heterocycles. The summed E-state index contributed by atoms with van der Waals surface area (Å²) in [6, 6.07) is 14.6. The summed E-state index contributed by atoms with van der Waals surface area (Å²) in [5, 5.41) is 2.29. The zero-order valence-electron chi connectivity index (χ0n) is 17.2. The average molecular weight is 425 g/mol. The highest BCUT2D eigenvalue weighted by atomic mass is 32.2. The van der Waals surface area contributed by atoms with Crippen LogP contribution in [0.2, 0.25) is 0 Å². The number of para-hydroxylation sites is 1. The van der Waals surface area contributed by atoms with E-state index in [0.717, 1.165) is 40.0 Å². The SMILES string of the molecule is CC[C@@H](C)Oc1ccc(/C=C2/SC(=O)N(CC(=O)Nc3ccccc3C)C2=O)cc1. The summed E-state index contributed by atoms with van der Waals surface area (Å²) in [6.07, 6.45) is 2.68. The van der Waals surface area contributed by atoms with Crippen molar-refractivity contribution in [1.82, 2.24) is 4.90 Å². The van der Waals surface area contributed by atoms with E-state index in [2.05, 4.69) is 12.2 Å². The highest BCUT2D eigenvalue weighted by Crippen LogP contribution is 2.32. The van der Waals surface area contributed by atoms with Crippen molar-refractivity contribution in [3.8, 4) is 5.75 Å². The lowest BCUT2D eigenvalue weighted by molar-refractivity contribution is -0.127. The van der Waals surface area contributed by atoms with Crippen molar-refractivity contribution >= 4 is 40.6 Å². The Morgan fingerprint density at radius 2 is 1.87 bits per heavy atom. The first-order chi connectivity index (χ1) is 14.4. The molecule has 2 aromatic rings. The molecule has 6 nitrogen and oxygen atoms in total. The molecule has 0 aliphatic carbocycles. The number of benzene rings is 2. The largest absolute Gasteiger partial charge is 0.491 e. The van der Waals surface area contributed by atoms with Crippen LogP contribution in [0.25, 0.3) is 6.08 Å². The summed E-state index contributed by atoms with van der Waals surface area (Å²) in [5.41, 5.74) is 2.34. The van der Waals surface area contributed by atoms with Gasteiger partial charge in [-0.2, -0.15) is 0 Å². The highest BCUT2D eigenvalue weighted by molar-refractivity contribution is 8.18. The third kappa shape index (κ3) is 5.30. The van der Waals surface area contributed by atoms with E-state index in [1.54, 1.807) is 12.1 Å². The second-order valence-electron chi connectivity index (χ2n) is 7.04. The Morgan fingerprint density at radius 3 is 2.53 bits per heavy atom. The molecule has 3 amide bonds. The van der Waals surface area contributed by atoms with Crippen molar-refractivity contribution in [2.24, 2.45) is 0 Å². The lowest BCUT2D eigenvalue weighted by Gasteiger charge is -2.13. The van der Waals surface area contributed by atoms with Crippen LogP contribution in [0, 0.1) is 6.92 Å². The Balaban J connectivity index is 1.65. The first-order valence-electron chi connectivity index (χ1n) is 9.75. The Labute approximate surface area is 180 Å². The quantitative estimate of drug-likeness (QED) is 0.643. The number of aryl methyl sites for hydroxylation is 1. The molecule has 1 saturated heterocycles. The number of amides is 3. The van der Waals surface area contributed by atoms with Crippen LogP contribution in [0.1, 0.15) is 31.4 Å². The molecule has 0 aromatic heterocycles. The molecule has 1 aliphatic rings. The average Bonchev–Trinajstić information content (AvgIpc) is 2.98. The zero-order chi connectivity index (χ0) is 21.7. The molecule has 1 fully saturated rings. The Bertz CT molecular complexity index is 985. The van der Waals surface area contributed by atoms with Crippen molar-refractivity contribution in [1.29, 1.82) is 0 Å². The van der Waals surface area contributed by atoms with Crippen LogP contribution in [0.15, 0.2) is 53.4 Å². The Morgan fingerprint density at radius 1 is 1.17 bits per heavy atom. The van der Waals surface area contributed by atoms with Crippen LogP contribution in [-0.4, -0.2) is 34.6 Å². The van der Waals surface area contributed by atoms with Crippen LogP contribution in [0.5, 0.6) is 5.75 Å². The molecule has 0 unspecified atom stereocenters. The number of rotatable bonds is 7. The van der Waals surface area contributed by atoms with Crippen molar-refractivity contribution in [2.45, 2.75) is 33.3 Å². The predicted molar refractivity (Wildman–Crippen MR) is 119 cm³/mol. The molecule has 0 bridgehead atoms. The molecule has 0 spiro atoms. The van der Waals surface area contributed by atoms with Crippen molar-refractivity contribution in [3.63, 3.8) is 0 Å². The van der Waals surface area contributed by atoms with Crippen LogP contribution in [0.3, 0.4) is 0 Å². The summed E-state index contributed by atoms with van der Waals surface area (Å²) < 4.78 is 5.75. The van der Waals surface area contributed by atoms with Gasteiger partial charge in [-0.05, 0) is 67.4 Å². The van der Waals surface area contributed by atoms with Gasteiger partial charge in [0, 0.05) is 5.69 Å². The van der Waals surface area contributed by atoms with Crippen molar-refractivity contribution in [2.75, 3.05) is 11.9 Å². The van der Waals surface area contributed by atoms with Crippen molar-refractivity contribution in [3.05, 3.63) is 64.6 Å². The normalized spacial score (nSPS) is 16.1.